The van der Waals surface area contributed by atoms with E-state index in [2.05, 4.69) is 29.6 Å². The minimum absolute atomic E-state index is 0.198. The Morgan fingerprint density at radius 2 is 1.81 bits per heavy atom. The van der Waals surface area contributed by atoms with Gasteiger partial charge < -0.3 is 15.5 Å². The van der Waals surface area contributed by atoms with Crippen molar-refractivity contribution in [2.24, 2.45) is 11.3 Å². The lowest BCUT2D eigenvalue weighted by molar-refractivity contribution is -0.124. The van der Waals surface area contributed by atoms with Crippen molar-refractivity contribution in [2.45, 2.75) is 56.9 Å². The van der Waals surface area contributed by atoms with Crippen LogP contribution in [0.4, 0.5) is 0 Å². The number of amides is 1. The quantitative estimate of drug-likeness (QED) is 0.830. The third-order valence-electron chi connectivity index (χ3n) is 6.43. The molecule has 1 heterocycles. The molecule has 1 aliphatic heterocycles. The van der Waals surface area contributed by atoms with Gasteiger partial charge in [-0.3, -0.25) is 4.79 Å². The second-order valence-corrected chi connectivity index (χ2v) is 7.77. The molecule has 3 aliphatic rings. The number of hydrogen-bond donors (Lipinski definition) is 2. The fourth-order valence-electron chi connectivity index (χ4n) is 4.56. The first-order valence-electron chi connectivity index (χ1n) is 8.74. The molecule has 0 unspecified atom stereocenters. The molecule has 0 bridgehead atoms. The summed E-state index contributed by atoms with van der Waals surface area (Å²) in [7, 11) is 4.34. The van der Waals surface area contributed by atoms with Gasteiger partial charge in [-0.25, -0.2) is 0 Å². The van der Waals surface area contributed by atoms with E-state index in [1.165, 1.54) is 44.9 Å². The minimum atomic E-state index is 0.198. The molecule has 1 amide bonds. The summed E-state index contributed by atoms with van der Waals surface area (Å²) in [6.07, 6.45) is 9.88. The Morgan fingerprint density at radius 1 is 1.14 bits per heavy atom. The molecule has 2 aliphatic carbocycles. The van der Waals surface area contributed by atoms with Gasteiger partial charge in [-0.05, 0) is 64.7 Å². The highest BCUT2D eigenvalue weighted by Gasteiger charge is 2.57. The van der Waals surface area contributed by atoms with E-state index in [4.69, 9.17) is 0 Å². The Balaban J connectivity index is 1.53. The molecule has 3 rings (SSSR count). The van der Waals surface area contributed by atoms with Gasteiger partial charge in [0.2, 0.25) is 5.91 Å². The van der Waals surface area contributed by atoms with Gasteiger partial charge in [0, 0.05) is 18.0 Å². The molecule has 120 valence electrons. The van der Waals surface area contributed by atoms with E-state index in [1.807, 2.05) is 0 Å². The third-order valence-corrected chi connectivity index (χ3v) is 6.43. The smallest absolute Gasteiger partial charge is 0.223 e. The molecule has 21 heavy (non-hydrogen) atoms. The average molecular weight is 293 g/mol. The Hall–Kier alpha value is -0.610. The summed E-state index contributed by atoms with van der Waals surface area (Å²) >= 11 is 0. The Kier molecular flexibility index (Phi) is 4.28. The van der Waals surface area contributed by atoms with Crippen molar-refractivity contribution in [1.29, 1.82) is 0 Å². The van der Waals surface area contributed by atoms with Gasteiger partial charge in [-0.1, -0.05) is 19.3 Å². The number of carbonyl (C=O) groups excluding carboxylic acids is 1. The number of carbonyl (C=O) groups is 1. The predicted molar refractivity (Wildman–Crippen MR) is 85.2 cm³/mol. The lowest BCUT2D eigenvalue weighted by Crippen LogP contribution is -2.54. The van der Waals surface area contributed by atoms with Crippen LogP contribution in [-0.4, -0.2) is 50.1 Å². The van der Waals surface area contributed by atoms with Crippen molar-refractivity contribution in [3.05, 3.63) is 0 Å². The van der Waals surface area contributed by atoms with Crippen LogP contribution in [0.2, 0.25) is 0 Å². The van der Waals surface area contributed by atoms with E-state index >= 15 is 0 Å². The summed E-state index contributed by atoms with van der Waals surface area (Å²) in [4.78, 5) is 14.9. The first kappa shape index (κ1) is 15.3. The number of nitrogens with zero attached hydrogens (tertiary/aromatic N) is 1. The van der Waals surface area contributed by atoms with Gasteiger partial charge in [-0.15, -0.1) is 0 Å². The zero-order chi connectivity index (χ0) is 14.9. The molecule has 0 aromatic carbocycles. The summed E-state index contributed by atoms with van der Waals surface area (Å²) in [5, 5.41) is 6.71. The fourth-order valence-corrected chi connectivity index (χ4v) is 4.56. The predicted octanol–water partition coefficient (Wildman–Crippen LogP) is 1.76. The molecule has 4 nitrogen and oxygen atoms in total. The maximum atomic E-state index is 12.5. The highest BCUT2D eigenvalue weighted by Crippen LogP contribution is 2.58. The van der Waals surface area contributed by atoms with E-state index < -0.39 is 0 Å². The second kappa shape index (κ2) is 5.88. The fraction of sp³-hybridized carbons (Fsp3) is 0.941. The number of rotatable bonds is 4. The minimum Gasteiger partial charge on any atom is -0.354 e. The molecular formula is C17H31N3O. The highest BCUT2D eigenvalue weighted by molar-refractivity contribution is 5.82. The van der Waals surface area contributed by atoms with E-state index in [1.54, 1.807) is 0 Å². The zero-order valence-corrected chi connectivity index (χ0v) is 13.7. The summed E-state index contributed by atoms with van der Waals surface area (Å²) in [6.45, 7) is 3.01. The van der Waals surface area contributed by atoms with E-state index in [0.29, 0.717) is 17.2 Å². The molecule has 3 fully saturated rings. The topological polar surface area (TPSA) is 44.4 Å². The molecule has 2 saturated carbocycles. The number of piperidine rings is 1. The molecule has 2 N–H and O–H groups in total. The Morgan fingerprint density at radius 3 is 2.43 bits per heavy atom. The lowest BCUT2D eigenvalue weighted by Gasteiger charge is -2.43. The van der Waals surface area contributed by atoms with Gasteiger partial charge in [0.25, 0.3) is 0 Å². The van der Waals surface area contributed by atoms with Crippen molar-refractivity contribution < 1.29 is 4.79 Å². The Labute approximate surface area is 129 Å². The summed E-state index contributed by atoms with van der Waals surface area (Å²) in [5.74, 6) is 0.617. The maximum Gasteiger partial charge on any atom is 0.223 e. The monoisotopic (exact) mass is 293 g/mol. The van der Waals surface area contributed by atoms with Gasteiger partial charge in [0.15, 0.2) is 0 Å². The molecular weight excluding hydrogens is 262 g/mol. The van der Waals surface area contributed by atoms with Crippen LogP contribution in [0.3, 0.4) is 0 Å². The Bertz CT molecular complexity index is 381. The van der Waals surface area contributed by atoms with Crippen LogP contribution in [0.25, 0.3) is 0 Å². The number of likely N-dealkylation sites (N-methyl/N-ethyl adjacent to an activating group) is 1. The second-order valence-electron chi connectivity index (χ2n) is 7.77. The van der Waals surface area contributed by atoms with Crippen molar-refractivity contribution >= 4 is 5.91 Å². The molecule has 4 heteroatoms. The average Bonchev–Trinajstić information content (AvgIpc) is 3.19. The van der Waals surface area contributed by atoms with Crippen LogP contribution in [0.1, 0.15) is 51.4 Å². The van der Waals surface area contributed by atoms with Crippen LogP contribution in [0.5, 0.6) is 0 Å². The van der Waals surface area contributed by atoms with Gasteiger partial charge in [-0.2, -0.15) is 0 Å². The summed E-state index contributed by atoms with van der Waals surface area (Å²) in [6, 6.07) is 0. The summed E-state index contributed by atoms with van der Waals surface area (Å²) in [5.41, 5.74) is 0.553. The van der Waals surface area contributed by atoms with Crippen LogP contribution in [0, 0.1) is 11.3 Å². The SMILES string of the molecule is CN(C)C1(CNC(=O)[C@H]2CC23CCNCC3)CCCCC1. The van der Waals surface area contributed by atoms with Gasteiger partial charge in [0.05, 0.1) is 0 Å². The van der Waals surface area contributed by atoms with Crippen molar-refractivity contribution in [3.8, 4) is 0 Å². The van der Waals surface area contributed by atoms with E-state index in [-0.39, 0.29) is 5.54 Å². The van der Waals surface area contributed by atoms with Crippen molar-refractivity contribution in [1.82, 2.24) is 15.5 Å². The first-order chi connectivity index (χ1) is 10.1. The maximum absolute atomic E-state index is 12.5. The van der Waals surface area contributed by atoms with Crippen molar-refractivity contribution in [2.75, 3.05) is 33.7 Å². The van der Waals surface area contributed by atoms with E-state index in [0.717, 1.165) is 26.1 Å². The van der Waals surface area contributed by atoms with Crippen LogP contribution >= 0.6 is 0 Å². The molecule has 0 radical (unpaired) electrons. The highest BCUT2D eigenvalue weighted by atomic mass is 16.2. The zero-order valence-electron chi connectivity index (χ0n) is 13.7. The van der Waals surface area contributed by atoms with Crippen LogP contribution in [0.15, 0.2) is 0 Å². The molecule has 1 atom stereocenters. The molecule has 1 saturated heterocycles. The standard InChI is InChI=1S/C17H31N3O/c1-20(2)17(6-4-3-5-7-17)13-19-15(21)14-12-16(14)8-10-18-11-9-16/h14,18H,3-13H2,1-2H3,(H,19,21)/t14-/m1/s1. The summed E-state index contributed by atoms with van der Waals surface area (Å²) < 4.78 is 0. The van der Waals surface area contributed by atoms with Crippen molar-refractivity contribution in [3.63, 3.8) is 0 Å². The number of hydrogen-bond acceptors (Lipinski definition) is 3. The molecule has 0 aromatic rings. The van der Waals surface area contributed by atoms with E-state index in [9.17, 15) is 4.79 Å². The normalized spacial score (nSPS) is 30.3. The molecule has 1 spiro atoms. The lowest BCUT2D eigenvalue weighted by atomic mass is 9.80. The van der Waals surface area contributed by atoms with Crippen LogP contribution in [-0.2, 0) is 4.79 Å². The first-order valence-corrected chi connectivity index (χ1v) is 8.74. The third kappa shape index (κ3) is 2.98. The molecule has 0 aromatic heterocycles. The number of nitrogens with one attached hydrogen (secondary N) is 2. The largest absolute Gasteiger partial charge is 0.354 e. The van der Waals surface area contributed by atoms with Gasteiger partial charge in [0.1, 0.15) is 0 Å². The van der Waals surface area contributed by atoms with Crippen LogP contribution < -0.4 is 10.6 Å². The van der Waals surface area contributed by atoms with Gasteiger partial charge >= 0.3 is 0 Å².